The van der Waals surface area contributed by atoms with Crippen LogP contribution in [0.5, 0.6) is 0 Å². The van der Waals surface area contributed by atoms with E-state index < -0.39 is 11.9 Å². The first-order chi connectivity index (χ1) is 5.99. The molecule has 0 aliphatic carbocycles. The van der Waals surface area contributed by atoms with Gasteiger partial charge in [0.25, 0.3) is 0 Å². The molecule has 0 amide bonds. The van der Waals surface area contributed by atoms with Crippen LogP contribution in [-0.4, -0.2) is 11.9 Å². The number of hydrogen-bond donors (Lipinski definition) is 0. The van der Waals surface area contributed by atoms with Gasteiger partial charge in [0.1, 0.15) is 0 Å². The molecule has 0 spiro atoms. The second-order valence-electron chi connectivity index (χ2n) is 2.55. The van der Waals surface area contributed by atoms with E-state index in [2.05, 4.69) is 24.5 Å². The van der Waals surface area contributed by atoms with E-state index in [-0.39, 0.29) is 11.1 Å². The van der Waals surface area contributed by atoms with Gasteiger partial charge in [0.05, 0.1) is 0 Å². The van der Waals surface area contributed by atoms with Gasteiger partial charge in [-0.3, -0.25) is 0 Å². The zero-order valence-corrected chi connectivity index (χ0v) is 7.63. The van der Waals surface area contributed by atoms with Gasteiger partial charge in [0.15, 0.2) is 0 Å². The van der Waals surface area contributed by atoms with Crippen molar-refractivity contribution in [1.82, 2.24) is 0 Å². The van der Waals surface area contributed by atoms with Gasteiger partial charge in [-0.2, -0.15) is 0 Å². The lowest BCUT2D eigenvalue weighted by Crippen LogP contribution is -2.13. The molecule has 0 aromatic heterocycles. The average molecular weight is 180 g/mol. The Hall–Kier alpha value is -1.64. The Morgan fingerprint density at radius 3 is 2.23 bits per heavy atom. The lowest BCUT2D eigenvalue weighted by Gasteiger charge is -2.02. The van der Waals surface area contributed by atoms with E-state index >= 15 is 0 Å². The van der Waals surface area contributed by atoms with E-state index in [4.69, 9.17) is 0 Å². The standard InChI is InChI=1S/C10H12O3/c1-5-6-8(4)10(12)13-9(11)7(2)3/h5H,1-2,4,6H2,3H3. The van der Waals surface area contributed by atoms with Crippen molar-refractivity contribution >= 4 is 11.9 Å². The summed E-state index contributed by atoms with van der Waals surface area (Å²) in [5.74, 6) is -1.46. The van der Waals surface area contributed by atoms with Crippen LogP contribution < -0.4 is 0 Å². The molecular formula is C10H12O3. The van der Waals surface area contributed by atoms with E-state index in [0.29, 0.717) is 6.42 Å². The number of allylic oxidation sites excluding steroid dienone is 1. The molecule has 0 fully saturated rings. The van der Waals surface area contributed by atoms with Crippen molar-refractivity contribution < 1.29 is 14.3 Å². The predicted molar refractivity (Wildman–Crippen MR) is 49.9 cm³/mol. The van der Waals surface area contributed by atoms with Gasteiger partial charge in [-0.15, -0.1) is 6.58 Å². The number of ether oxygens (including phenoxy) is 1. The summed E-state index contributed by atoms with van der Waals surface area (Å²) in [6, 6.07) is 0. The van der Waals surface area contributed by atoms with Crippen molar-refractivity contribution in [3.63, 3.8) is 0 Å². The Bertz CT molecular complexity index is 274. The first kappa shape index (κ1) is 11.4. The van der Waals surface area contributed by atoms with Gasteiger partial charge in [-0.25, -0.2) is 9.59 Å². The summed E-state index contributed by atoms with van der Waals surface area (Å²) < 4.78 is 4.40. The largest absolute Gasteiger partial charge is 0.386 e. The molecule has 0 heterocycles. The number of carbonyl (C=O) groups excluding carboxylic acids is 2. The second kappa shape index (κ2) is 5.09. The molecule has 0 N–H and O–H groups in total. The molecule has 0 aromatic carbocycles. The first-order valence-corrected chi connectivity index (χ1v) is 3.69. The molecule has 0 saturated heterocycles. The van der Waals surface area contributed by atoms with Gasteiger partial charge in [0.2, 0.25) is 0 Å². The number of hydrogen-bond acceptors (Lipinski definition) is 3. The highest BCUT2D eigenvalue weighted by atomic mass is 16.6. The Labute approximate surface area is 77.4 Å². The fourth-order valence-electron chi connectivity index (χ4n) is 0.501. The van der Waals surface area contributed by atoms with Crippen LogP contribution in [0.25, 0.3) is 0 Å². The van der Waals surface area contributed by atoms with Crippen LogP contribution in [0.15, 0.2) is 37.0 Å². The molecule has 0 aromatic rings. The number of rotatable bonds is 4. The molecular weight excluding hydrogens is 168 g/mol. The minimum Gasteiger partial charge on any atom is -0.386 e. The van der Waals surface area contributed by atoms with Crippen molar-refractivity contribution in [1.29, 1.82) is 0 Å². The molecule has 0 bridgehead atoms. The smallest absolute Gasteiger partial charge is 0.341 e. The Morgan fingerprint density at radius 2 is 1.85 bits per heavy atom. The number of carbonyl (C=O) groups is 2. The summed E-state index contributed by atoms with van der Waals surface area (Å²) in [4.78, 5) is 21.9. The summed E-state index contributed by atoms with van der Waals surface area (Å²) >= 11 is 0. The Morgan fingerprint density at radius 1 is 1.31 bits per heavy atom. The van der Waals surface area contributed by atoms with Crippen LogP contribution in [0.2, 0.25) is 0 Å². The van der Waals surface area contributed by atoms with Crippen molar-refractivity contribution in [2.75, 3.05) is 0 Å². The predicted octanol–water partition coefficient (Wildman–Crippen LogP) is 1.76. The summed E-state index contributed by atoms with van der Waals surface area (Å²) in [6.07, 6.45) is 1.82. The summed E-state index contributed by atoms with van der Waals surface area (Å²) in [7, 11) is 0. The van der Waals surface area contributed by atoms with Crippen molar-refractivity contribution in [2.45, 2.75) is 13.3 Å². The first-order valence-electron chi connectivity index (χ1n) is 3.69. The maximum atomic E-state index is 11.0. The minimum absolute atomic E-state index is 0.180. The van der Waals surface area contributed by atoms with Gasteiger partial charge >= 0.3 is 11.9 Å². The molecule has 0 aliphatic rings. The summed E-state index contributed by atoms with van der Waals surface area (Å²) in [5.41, 5.74) is 0.379. The fourth-order valence-corrected chi connectivity index (χ4v) is 0.501. The highest BCUT2D eigenvalue weighted by Gasteiger charge is 2.12. The SMILES string of the molecule is C=CCC(=C)C(=O)OC(=O)C(=C)C. The molecule has 0 rings (SSSR count). The van der Waals surface area contributed by atoms with E-state index in [1.165, 1.54) is 13.0 Å². The van der Waals surface area contributed by atoms with Crippen LogP contribution in [0.3, 0.4) is 0 Å². The van der Waals surface area contributed by atoms with Crippen LogP contribution in [0.4, 0.5) is 0 Å². The number of esters is 2. The molecule has 3 heteroatoms. The van der Waals surface area contributed by atoms with Crippen LogP contribution in [-0.2, 0) is 14.3 Å². The highest BCUT2D eigenvalue weighted by Crippen LogP contribution is 2.03. The van der Waals surface area contributed by atoms with Gasteiger partial charge in [-0.1, -0.05) is 19.2 Å². The van der Waals surface area contributed by atoms with Crippen molar-refractivity contribution in [2.24, 2.45) is 0 Å². The molecule has 3 nitrogen and oxygen atoms in total. The van der Waals surface area contributed by atoms with Crippen LogP contribution in [0.1, 0.15) is 13.3 Å². The maximum absolute atomic E-state index is 11.0. The van der Waals surface area contributed by atoms with E-state index in [1.54, 1.807) is 0 Å². The van der Waals surface area contributed by atoms with Gasteiger partial charge in [-0.05, 0) is 13.3 Å². The van der Waals surface area contributed by atoms with Crippen LogP contribution >= 0.6 is 0 Å². The fraction of sp³-hybridized carbons (Fsp3) is 0.200. The Balaban J connectivity index is 4.15. The molecule has 0 saturated carbocycles. The highest BCUT2D eigenvalue weighted by molar-refractivity contribution is 6.01. The van der Waals surface area contributed by atoms with E-state index in [9.17, 15) is 9.59 Å². The third-order valence-corrected chi connectivity index (χ3v) is 1.21. The normalized spacial score (nSPS) is 8.69. The summed E-state index contributed by atoms with van der Waals surface area (Å²) in [5, 5.41) is 0. The third-order valence-electron chi connectivity index (χ3n) is 1.21. The topological polar surface area (TPSA) is 43.4 Å². The second-order valence-corrected chi connectivity index (χ2v) is 2.55. The zero-order valence-electron chi connectivity index (χ0n) is 7.63. The van der Waals surface area contributed by atoms with Gasteiger partial charge in [0, 0.05) is 11.1 Å². The lowest BCUT2D eigenvalue weighted by atomic mass is 10.2. The molecule has 13 heavy (non-hydrogen) atoms. The molecule has 0 unspecified atom stereocenters. The molecule has 0 radical (unpaired) electrons. The molecule has 0 aliphatic heterocycles. The van der Waals surface area contributed by atoms with Crippen LogP contribution in [0, 0.1) is 0 Å². The molecule has 0 atom stereocenters. The third kappa shape index (κ3) is 4.06. The Kier molecular flexibility index (Phi) is 4.44. The average Bonchev–Trinajstić information content (AvgIpc) is 2.04. The van der Waals surface area contributed by atoms with Gasteiger partial charge < -0.3 is 4.74 Å². The lowest BCUT2D eigenvalue weighted by molar-refractivity contribution is -0.154. The zero-order chi connectivity index (χ0) is 10.4. The monoisotopic (exact) mass is 180 g/mol. The minimum atomic E-state index is -0.729. The van der Waals surface area contributed by atoms with Crippen molar-refractivity contribution in [3.8, 4) is 0 Å². The van der Waals surface area contributed by atoms with E-state index in [0.717, 1.165) is 0 Å². The van der Waals surface area contributed by atoms with E-state index in [1.807, 2.05) is 0 Å². The van der Waals surface area contributed by atoms with Crippen molar-refractivity contribution in [3.05, 3.63) is 37.0 Å². The quantitative estimate of drug-likeness (QED) is 0.286. The maximum Gasteiger partial charge on any atom is 0.341 e. The summed E-state index contributed by atoms with van der Waals surface area (Å²) in [6.45, 7) is 11.7. The molecule has 70 valence electrons.